The van der Waals surface area contributed by atoms with Gasteiger partial charge in [-0.3, -0.25) is 9.69 Å². The van der Waals surface area contributed by atoms with Crippen LogP contribution in [0, 0.1) is 0 Å². The predicted molar refractivity (Wildman–Crippen MR) is 98.8 cm³/mol. The third-order valence-electron chi connectivity index (χ3n) is 5.06. The van der Waals surface area contributed by atoms with Crippen LogP contribution in [0.5, 0.6) is 11.5 Å². The predicted octanol–water partition coefficient (Wildman–Crippen LogP) is 0.510. The van der Waals surface area contributed by atoms with Crippen LogP contribution in [0.1, 0.15) is 11.1 Å². The maximum atomic E-state index is 12.5. The van der Waals surface area contributed by atoms with Gasteiger partial charge in [-0.15, -0.1) is 0 Å². The fourth-order valence-corrected chi connectivity index (χ4v) is 3.47. The van der Waals surface area contributed by atoms with Crippen LogP contribution in [-0.2, 0) is 22.5 Å². The van der Waals surface area contributed by atoms with Gasteiger partial charge in [-0.2, -0.15) is 0 Å². The Hall–Kier alpha value is -1.83. The molecule has 0 bridgehead atoms. The summed E-state index contributed by atoms with van der Waals surface area (Å²) >= 11 is 0. The number of nitrogens with zero attached hydrogens (tertiary/aromatic N) is 2. The topological polar surface area (TPSA) is 63.3 Å². The summed E-state index contributed by atoms with van der Waals surface area (Å²) in [6.07, 6.45) is 0.842. The molecule has 1 amide bonds. The zero-order valence-electron chi connectivity index (χ0n) is 15.8. The first kappa shape index (κ1) is 18.9. The number of hydrogen-bond donors (Lipinski definition) is 1. The van der Waals surface area contributed by atoms with E-state index in [0.717, 1.165) is 63.7 Å². The number of morpholine rings is 1. The Balaban J connectivity index is 1.47. The molecule has 2 aliphatic heterocycles. The summed E-state index contributed by atoms with van der Waals surface area (Å²) in [7, 11) is 3.28. The molecule has 2 aliphatic rings. The summed E-state index contributed by atoms with van der Waals surface area (Å²) in [4.78, 5) is 16.8. The Labute approximate surface area is 155 Å². The normalized spacial score (nSPS) is 17.7. The highest BCUT2D eigenvalue weighted by Gasteiger charge is 2.22. The molecule has 7 heteroatoms. The van der Waals surface area contributed by atoms with E-state index in [1.165, 1.54) is 5.56 Å². The highest BCUT2D eigenvalue weighted by molar-refractivity contribution is 5.78. The smallest absolute Gasteiger partial charge is 0.236 e. The van der Waals surface area contributed by atoms with E-state index in [-0.39, 0.29) is 5.91 Å². The SMILES string of the molecule is COc1cc2c(cc1OC)CN(C(=O)CNCCN1CCOCC1)CC2. The Morgan fingerprint density at radius 3 is 2.50 bits per heavy atom. The molecule has 1 aromatic rings. The second-order valence-corrected chi connectivity index (χ2v) is 6.67. The van der Waals surface area contributed by atoms with Crippen molar-refractivity contribution >= 4 is 5.91 Å². The van der Waals surface area contributed by atoms with Crippen molar-refractivity contribution in [2.45, 2.75) is 13.0 Å². The van der Waals surface area contributed by atoms with Crippen molar-refractivity contribution in [1.29, 1.82) is 0 Å². The minimum absolute atomic E-state index is 0.146. The Bertz CT molecular complexity index is 617. The van der Waals surface area contributed by atoms with E-state index >= 15 is 0 Å². The molecule has 0 unspecified atom stereocenters. The highest BCUT2D eigenvalue weighted by atomic mass is 16.5. The highest BCUT2D eigenvalue weighted by Crippen LogP contribution is 2.33. The summed E-state index contributed by atoms with van der Waals surface area (Å²) in [6, 6.07) is 4.01. The fraction of sp³-hybridized carbons (Fsp3) is 0.632. The molecule has 1 fully saturated rings. The summed E-state index contributed by atoms with van der Waals surface area (Å²) in [6.45, 7) is 7.09. The number of hydrogen-bond acceptors (Lipinski definition) is 6. The lowest BCUT2D eigenvalue weighted by molar-refractivity contribution is -0.131. The minimum atomic E-state index is 0.146. The summed E-state index contributed by atoms with van der Waals surface area (Å²) in [5.74, 6) is 1.60. The van der Waals surface area contributed by atoms with Crippen LogP contribution in [0.3, 0.4) is 0 Å². The van der Waals surface area contributed by atoms with Crippen LogP contribution in [0.2, 0.25) is 0 Å². The lowest BCUT2D eigenvalue weighted by Gasteiger charge is -2.30. The third kappa shape index (κ3) is 4.66. The van der Waals surface area contributed by atoms with Gasteiger partial charge in [0.2, 0.25) is 5.91 Å². The Morgan fingerprint density at radius 1 is 1.12 bits per heavy atom. The zero-order valence-corrected chi connectivity index (χ0v) is 15.8. The molecule has 1 N–H and O–H groups in total. The van der Waals surface area contributed by atoms with Gasteiger partial charge in [-0.05, 0) is 29.7 Å². The lowest BCUT2D eigenvalue weighted by Crippen LogP contribution is -2.44. The molecule has 0 aliphatic carbocycles. The van der Waals surface area contributed by atoms with E-state index in [4.69, 9.17) is 14.2 Å². The standard InChI is InChI=1S/C19H29N3O4/c1-24-17-11-15-3-5-22(14-16(15)12-18(17)25-2)19(23)13-20-4-6-21-7-9-26-10-8-21/h11-12,20H,3-10,13-14H2,1-2H3. The number of carbonyl (C=O) groups is 1. The number of fused-ring (bicyclic) bond motifs is 1. The van der Waals surface area contributed by atoms with Crippen LogP contribution >= 0.6 is 0 Å². The van der Waals surface area contributed by atoms with E-state index in [2.05, 4.69) is 10.2 Å². The van der Waals surface area contributed by atoms with Gasteiger partial charge < -0.3 is 24.4 Å². The van der Waals surface area contributed by atoms with Crippen LogP contribution in [0.4, 0.5) is 0 Å². The van der Waals surface area contributed by atoms with Crippen molar-refractivity contribution in [2.24, 2.45) is 0 Å². The number of amides is 1. The number of rotatable bonds is 7. The van der Waals surface area contributed by atoms with E-state index in [1.807, 2.05) is 17.0 Å². The molecule has 0 saturated carbocycles. The Kier molecular flexibility index (Phi) is 6.71. The van der Waals surface area contributed by atoms with Crippen molar-refractivity contribution in [3.63, 3.8) is 0 Å². The first-order valence-electron chi connectivity index (χ1n) is 9.23. The van der Waals surface area contributed by atoms with Crippen LogP contribution in [-0.4, -0.2) is 82.4 Å². The number of methoxy groups -OCH3 is 2. The van der Waals surface area contributed by atoms with Gasteiger partial charge in [-0.1, -0.05) is 0 Å². The van der Waals surface area contributed by atoms with Crippen molar-refractivity contribution in [2.75, 3.05) is 66.7 Å². The number of nitrogens with one attached hydrogen (secondary N) is 1. The molecule has 1 saturated heterocycles. The average molecular weight is 363 g/mol. The van der Waals surface area contributed by atoms with Crippen molar-refractivity contribution in [3.05, 3.63) is 23.3 Å². The van der Waals surface area contributed by atoms with Gasteiger partial charge in [0.1, 0.15) is 0 Å². The van der Waals surface area contributed by atoms with E-state index in [1.54, 1.807) is 14.2 Å². The van der Waals surface area contributed by atoms with Crippen molar-refractivity contribution < 1.29 is 19.0 Å². The van der Waals surface area contributed by atoms with Gasteiger partial charge in [0.15, 0.2) is 11.5 Å². The second kappa shape index (κ2) is 9.21. The van der Waals surface area contributed by atoms with Gasteiger partial charge in [0.25, 0.3) is 0 Å². The van der Waals surface area contributed by atoms with Gasteiger partial charge in [0, 0.05) is 39.3 Å². The molecule has 26 heavy (non-hydrogen) atoms. The lowest BCUT2D eigenvalue weighted by atomic mass is 9.98. The minimum Gasteiger partial charge on any atom is -0.493 e. The van der Waals surface area contributed by atoms with Crippen LogP contribution in [0.15, 0.2) is 12.1 Å². The monoisotopic (exact) mass is 363 g/mol. The van der Waals surface area contributed by atoms with E-state index < -0.39 is 0 Å². The maximum Gasteiger partial charge on any atom is 0.236 e. The summed E-state index contributed by atoms with van der Waals surface area (Å²) in [5, 5.41) is 3.28. The molecule has 0 radical (unpaired) electrons. The van der Waals surface area contributed by atoms with Gasteiger partial charge >= 0.3 is 0 Å². The van der Waals surface area contributed by atoms with E-state index in [0.29, 0.717) is 18.8 Å². The quantitative estimate of drug-likeness (QED) is 0.713. The third-order valence-corrected chi connectivity index (χ3v) is 5.06. The van der Waals surface area contributed by atoms with Crippen molar-refractivity contribution in [3.8, 4) is 11.5 Å². The molecule has 3 rings (SSSR count). The first-order chi connectivity index (χ1) is 12.7. The van der Waals surface area contributed by atoms with Crippen LogP contribution < -0.4 is 14.8 Å². The van der Waals surface area contributed by atoms with E-state index in [9.17, 15) is 4.79 Å². The second-order valence-electron chi connectivity index (χ2n) is 6.67. The summed E-state index contributed by atoms with van der Waals surface area (Å²) < 4.78 is 16.1. The molecule has 0 atom stereocenters. The molecule has 0 aromatic heterocycles. The van der Waals surface area contributed by atoms with Crippen LogP contribution in [0.25, 0.3) is 0 Å². The van der Waals surface area contributed by atoms with Crippen molar-refractivity contribution in [1.82, 2.24) is 15.1 Å². The number of benzene rings is 1. The first-order valence-corrected chi connectivity index (χ1v) is 9.23. The van der Waals surface area contributed by atoms with Gasteiger partial charge in [0.05, 0.1) is 34.0 Å². The number of ether oxygens (including phenoxy) is 3. The molecule has 0 spiro atoms. The zero-order chi connectivity index (χ0) is 18.4. The molecular weight excluding hydrogens is 334 g/mol. The largest absolute Gasteiger partial charge is 0.493 e. The molecule has 2 heterocycles. The molecular formula is C19H29N3O4. The van der Waals surface area contributed by atoms with Gasteiger partial charge in [-0.25, -0.2) is 0 Å². The Morgan fingerprint density at radius 2 is 1.81 bits per heavy atom. The fourth-order valence-electron chi connectivity index (χ4n) is 3.47. The molecule has 7 nitrogen and oxygen atoms in total. The average Bonchev–Trinajstić information content (AvgIpc) is 2.70. The molecule has 144 valence electrons. The molecule has 1 aromatic carbocycles. The maximum absolute atomic E-state index is 12.5. The number of carbonyl (C=O) groups excluding carboxylic acids is 1. The summed E-state index contributed by atoms with van der Waals surface area (Å²) in [5.41, 5.74) is 2.36.